The molecule has 2 unspecified atom stereocenters. The fourth-order valence-corrected chi connectivity index (χ4v) is 4.61. The number of likely N-dealkylation sites (tertiary alicyclic amines) is 1. The van der Waals surface area contributed by atoms with E-state index in [0.29, 0.717) is 19.1 Å². The molecule has 9 nitrogen and oxygen atoms in total. The molecule has 1 aliphatic carbocycles. The number of piperidine rings is 1. The Labute approximate surface area is 193 Å². The molecule has 3 heterocycles. The molecule has 2 atom stereocenters. The molecule has 1 aromatic heterocycles. The molecule has 0 radical (unpaired) electrons. The number of ether oxygens (including phenoxy) is 2. The highest BCUT2D eigenvalue weighted by Gasteiger charge is 2.46. The van der Waals surface area contributed by atoms with Crippen molar-refractivity contribution in [1.29, 1.82) is 0 Å². The molecule has 2 fully saturated rings. The number of hydrogen-bond donors (Lipinski definition) is 2. The van der Waals surface area contributed by atoms with Gasteiger partial charge in [0.2, 0.25) is 5.91 Å². The van der Waals surface area contributed by atoms with E-state index in [1.807, 2.05) is 18.3 Å². The molecule has 0 saturated carbocycles. The van der Waals surface area contributed by atoms with Crippen molar-refractivity contribution in [1.82, 2.24) is 9.88 Å². The van der Waals surface area contributed by atoms with Gasteiger partial charge in [0, 0.05) is 31.9 Å². The third-order valence-electron chi connectivity index (χ3n) is 6.64. The normalized spacial score (nSPS) is 25.8. The standard InChI is InChI=1S/C22H30N2O3.C2H2O4/c1-21(7-3-2-4-8-21)20(25)24-12-9-22(10-13-24)14-19(17-27-22)26-16-18-6-5-11-23-15-18;3-1(4)2(5)6/h2-3,5-6,11,15,19H,4,7-10,12-14,16-17H2,1H3;(H,3,4)(H,5,6). The number of nitrogens with zero attached hydrogens (tertiary/aromatic N) is 2. The van der Waals surface area contributed by atoms with E-state index in [1.165, 1.54) is 0 Å². The first-order chi connectivity index (χ1) is 15.7. The van der Waals surface area contributed by atoms with E-state index in [1.54, 1.807) is 6.20 Å². The predicted octanol–water partition coefficient (Wildman–Crippen LogP) is 2.65. The number of rotatable bonds is 4. The van der Waals surface area contributed by atoms with Crippen LogP contribution in [0.5, 0.6) is 0 Å². The molecule has 0 bridgehead atoms. The first kappa shape index (κ1) is 24.9. The number of carbonyl (C=O) groups is 3. The molecule has 3 aliphatic rings. The number of carboxylic acid groups (broad SMARTS) is 2. The van der Waals surface area contributed by atoms with Gasteiger partial charge in [-0.1, -0.05) is 25.1 Å². The van der Waals surface area contributed by atoms with Crippen LogP contribution < -0.4 is 0 Å². The summed E-state index contributed by atoms with van der Waals surface area (Å²) in [5.41, 5.74) is 0.767. The Hall–Kier alpha value is -2.78. The zero-order valence-electron chi connectivity index (χ0n) is 18.9. The van der Waals surface area contributed by atoms with E-state index < -0.39 is 11.9 Å². The maximum absolute atomic E-state index is 13.0. The summed E-state index contributed by atoms with van der Waals surface area (Å²) in [6.45, 7) is 4.95. The second-order valence-corrected chi connectivity index (χ2v) is 9.17. The van der Waals surface area contributed by atoms with Crippen molar-refractivity contribution < 1.29 is 34.1 Å². The smallest absolute Gasteiger partial charge is 0.414 e. The van der Waals surface area contributed by atoms with Crippen LogP contribution >= 0.6 is 0 Å². The van der Waals surface area contributed by atoms with Gasteiger partial charge in [-0.25, -0.2) is 9.59 Å². The fourth-order valence-electron chi connectivity index (χ4n) is 4.61. The van der Waals surface area contributed by atoms with Crippen LogP contribution in [0.4, 0.5) is 0 Å². The molecular weight excluding hydrogens is 428 g/mol. The summed E-state index contributed by atoms with van der Waals surface area (Å²) in [5.74, 6) is -3.32. The van der Waals surface area contributed by atoms with Gasteiger partial charge in [-0.05, 0) is 43.7 Å². The lowest BCUT2D eigenvalue weighted by Crippen LogP contribution is -2.51. The zero-order chi connectivity index (χ0) is 23.9. The largest absolute Gasteiger partial charge is 0.473 e. The number of aromatic nitrogens is 1. The summed E-state index contributed by atoms with van der Waals surface area (Å²) in [6.07, 6.45) is 13.7. The van der Waals surface area contributed by atoms with Gasteiger partial charge in [0.15, 0.2) is 0 Å². The second kappa shape index (κ2) is 10.9. The number of carboxylic acids is 2. The van der Waals surface area contributed by atoms with Crippen LogP contribution in [0.25, 0.3) is 0 Å². The minimum absolute atomic E-state index is 0.107. The van der Waals surface area contributed by atoms with Crippen molar-refractivity contribution in [2.24, 2.45) is 5.41 Å². The molecule has 1 spiro atoms. The molecule has 2 aliphatic heterocycles. The number of carbonyl (C=O) groups excluding carboxylic acids is 1. The fraction of sp³-hybridized carbons (Fsp3) is 0.583. The lowest BCUT2D eigenvalue weighted by molar-refractivity contribution is -0.159. The SMILES string of the molecule is CC1(C(=O)N2CCC3(CC2)CC(OCc2cccnc2)CO3)CC=CCC1.O=C(O)C(=O)O. The Morgan fingerprint density at radius 2 is 1.91 bits per heavy atom. The molecule has 1 aromatic rings. The molecular formula is C24H32N2O7. The topological polar surface area (TPSA) is 126 Å². The highest BCUT2D eigenvalue weighted by molar-refractivity contribution is 6.27. The molecule has 180 valence electrons. The van der Waals surface area contributed by atoms with Crippen molar-refractivity contribution in [3.63, 3.8) is 0 Å². The third-order valence-corrected chi connectivity index (χ3v) is 6.64. The third kappa shape index (κ3) is 6.61. The summed E-state index contributed by atoms with van der Waals surface area (Å²) in [4.78, 5) is 37.4. The van der Waals surface area contributed by atoms with Gasteiger partial charge in [-0.3, -0.25) is 9.78 Å². The van der Waals surface area contributed by atoms with Crippen LogP contribution in [0.1, 0.15) is 51.0 Å². The van der Waals surface area contributed by atoms with E-state index in [9.17, 15) is 4.79 Å². The van der Waals surface area contributed by atoms with Gasteiger partial charge in [0.05, 0.1) is 30.3 Å². The molecule has 9 heteroatoms. The van der Waals surface area contributed by atoms with Gasteiger partial charge >= 0.3 is 11.9 Å². The summed E-state index contributed by atoms with van der Waals surface area (Å²) >= 11 is 0. The molecule has 2 saturated heterocycles. The summed E-state index contributed by atoms with van der Waals surface area (Å²) < 4.78 is 12.2. The number of amides is 1. The Morgan fingerprint density at radius 1 is 1.18 bits per heavy atom. The highest BCUT2D eigenvalue weighted by atomic mass is 16.6. The Morgan fingerprint density at radius 3 is 2.48 bits per heavy atom. The van der Waals surface area contributed by atoms with Crippen molar-refractivity contribution in [2.45, 2.75) is 63.8 Å². The van der Waals surface area contributed by atoms with Gasteiger partial charge in [-0.2, -0.15) is 0 Å². The number of pyridine rings is 1. The van der Waals surface area contributed by atoms with Gasteiger partial charge < -0.3 is 24.6 Å². The van der Waals surface area contributed by atoms with Crippen LogP contribution in [-0.2, 0) is 30.5 Å². The van der Waals surface area contributed by atoms with Gasteiger partial charge in [0.1, 0.15) is 0 Å². The van der Waals surface area contributed by atoms with Crippen LogP contribution in [0.15, 0.2) is 36.7 Å². The Balaban J connectivity index is 0.000000454. The van der Waals surface area contributed by atoms with Crippen LogP contribution in [0, 0.1) is 5.41 Å². The number of aliphatic carboxylic acids is 2. The minimum atomic E-state index is -1.82. The van der Waals surface area contributed by atoms with E-state index in [0.717, 1.165) is 57.2 Å². The monoisotopic (exact) mass is 460 g/mol. The Bertz CT molecular complexity index is 853. The maximum Gasteiger partial charge on any atom is 0.414 e. The summed E-state index contributed by atoms with van der Waals surface area (Å²) in [5, 5.41) is 14.8. The van der Waals surface area contributed by atoms with Crippen LogP contribution in [-0.4, -0.2) is 69.3 Å². The quantitative estimate of drug-likeness (QED) is 0.519. The van der Waals surface area contributed by atoms with Crippen molar-refractivity contribution in [3.05, 3.63) is 42.2 Å². The van der Waals surface area contributed by atoms with E-state index >= 15 is 0 Å². The first-order valence-electron chi connectivity index (χ1n) is 11.3. The summed E-state index contributed by atoms with van der Waals surface area (Å²) in [6, 6.07) is 3.96. The lowest BCUT2D eigenvalue weighted by atomic mass is 9.77. The second-order valence-electron chi connectivity index (χ2n) is 9.17. The molecule has 2 N–H and O–H groups in total. The molecule has 33 heavy (non-hydrogen) atoms. The first-order valence-corrected chi connectivity index (χ1v) is 11.3. The summed E-state index contributed by atoms with van der Waals surface area (Å²) in [7, 11) is 0. The lowest BCUT2D eigenvalue weighted by Gasteiger charge is -2.42. The molecule has 4 rings (SSSR count). The van der Waals surface area contributed by atoms with E-state index in [2.05, 4.69) is 29.0 Å². The van der Waals surface area contributed by atoms with Gasteiger partial charge in [0.25, 0.3) is 0 Å². The average Bonchev–Trinajstić information content (AvgIpc) is 3.21. The van der Waals surface area contributed by atoms with E-state index in [-0.39, 0.29) is 17.1 Å². The predicted molar refractivity (Wildman–Crippen MR) is 118 cm³/mol. The average molecular weight is 461 g/mol. The zero-order valence-corrected chi connectivity index (χ0v) is 18.9. The van der Waals surface area contributed by atoms with E-state index in [4.69, 9.17) is 29.3 Å². The highest BCUT2D eigenvalue weighted by Crippen LogP contribution is 2.40. The van der Waals surface area contributed by atoms with Crippen molar-refractivity contribution >= 4 is 17.8 Å². The van der Waals surface area contributed by atoms with Crippen molar-refractivity contribution in [2.75, 3.05) is 19.7 Å². The van der Waals surface area contributed by atoms with Crippen LogP contribution in [0.3, 0.4) is 0 Å². The minimum Gasteiger partial charge on any atom is -0.473 e. The number of allylic oxidation sites excluding steroid dienone is 2. The van der Waals surface area contributed by atoms with Crippen LogP contribution in [0.2, 0.25) is 0 Å². The molecule has 1 amide bonds. The van der Waals surface area contributed by atoms with Gasteiger partial charge in [-0.15, -0.1) is 0 Å². The number of hydrogen-bond acceptors (Lipinski definition) is 6. The Kier molecular flexibility index (Phi) is 8.20. The maximum atomic E-state index is 13.0. The molecule has 0 aromatic carbocycles. The van der Waals surface area contributed by atoms with Crippen molar-refractivity contribution in [3.8, 4) is 0 Å².